The van der Waals surface area contributed by atoms with Crippen LogP contribution in [0.5, 0.6) is 23.0 Å². The van der Waals surface area contributed by atoms with Crippen molar-refractivity contribution in [3.05, 3.63) is 78.5 Å². The fourth-order valence-electron chi connectivity index (χ4n) is 4.33. The van der Waals surface area contributed by atoms with E-state index in [-0.39, 0.29) is 17.1 Å². The molecule has 0 unspecified atom stereocenters. The Kier molecular flexibility index (Phi) is 8.58. The quantitative estimate of drug-likeness (QED) is 0.359. The monoisotopic (exact) mass is 574 g/mol. The number of alkyl halides is 2. The number of benzene rings is 2. The Labute approximate surface area is 232 Å². The fourth-order valence-corrected chi connectivity index (χ4v) is 5.37. The zero-order valence-electron chi connectivity index (χ0n) is 22.7. The van der Waals surface area contributed by atoms with E-state index in [1.807, 2.05) is 0 Å². The molecular weight excluding hydrogens is 546 g/mol. The molecule has 0 aliphatic carbocycles. The average Bonchev–Trinajstić information content (AvgIpc) is 3.21. The zero-order valence-corrected chi connectivity index (χ0v) is 23.5. The molecule has 3 aromatic rings. The van der Waals surface area contributed by atoms with Gasteiger partial charge in [-0.05, 0) is 62.7 Å². The van der Waals surface area contributed by atoms with E-state index in [4.69, 9.17) is 18.9 Å². The van der Waals surface area contributed by atoms with Crippen LogP contribution in [0.25, 0.3) is 6.08 Å². The van der Waals surface area contributed by atoms with Crippen LogP contribution in [0.1, 0.15) is 37.9 Å². The van der Waals surface area contributed by atoms with Crippen molar-refractivity contribution in [2.24, 2.45) is 4.99 Å². The molecule has 2 heterocycles. The summed E-state index contributed by atoms with van der Waals surface area (Å²) in [5, 5.41) is 0. The lowest BCUT2D eigenvalue weighted by molar-refractivity contribution is -0.143. The van der Waals surface area contributed by atoms with Crippen LogP contribution in [0.3, 0.4) is 0 Å². The van der Waals surface area contributed by atoms with Crippen molar-refractivity contribution in [2.45, 2.75) is 39.5 Å². The third kappa shape index (κ3) is 5.71. The van der Waals surface area contributed by atoms with Crippen molar-refractivity contribution in [3.8, 4) is 23.0 Å². The Morgan fingerprint density at radius 2 is 1.73 bits per heavy atom. The van der Waals surface area contributed by atoms with Crippen LogP contribution < -0.4 is 33.8 Å². The molecule has 12 heteroatoms. The number of carbonyl (C=O) groups excluding carboxylic acids is 1. The van der Waals surface area contributed by atoms with Crippen LogP contribution in [0, 0.1) is 0 Å². The molecule has 0 spiro atoms. The maximum Gasteiger partial charge on any atom is 0.387 e. The molecular formula is C28H28F2N2O7S. The molecule has 0 amide bonds. The Morgan fingerprint density at radius 3 is 2.35 bits per heavy atom. The highest BCUT2D eigenvalue weighted by atomic mass is 32.1. The average molecular weight is 575 g/mol. The Hall–Kier alpha value is -4.19. The zero-order chi connectivity index (χ0) is 29.1. The van der Waals surface area contributed by atoms with Gasteiger partial charge in [-0.25, -0.2) is 9.79 Å². The molecule has 0 bridgehead atoms. The molecule has 4 rings (SSSR count). The highest BCUT2D eigenvalue weighted by molar-refractivity contribution is 7.07. The van der Waals surface area contributed by atoms with Gasteiger partial charge in [0, 0.05) is 5.56 Å². The van der Waals surface area contributed by atoms with E-state index in [9.17, 15) is 18.4 Å². The lowest BCUT2D eigenvalue weighted by atomic mass is 9.94. The van der Waals surface area contributed by atoms with Crippen LogP contribution in [0.4, 0.5) is 8.78 Å². The minimum Gasteiger partial charge on any atom is -0.497 e. The maximum atomic E-state index is 13.9. The van der Waals surface area contributed by atoms with Gasteiger partial charge in [-0.3, -0.25) is 9.36 Å². The first-order valence-corrected chi connectivity index (χ1v) is 13.0. The van der Waals surface area contributed by atoms with Gasteiger partial charge in [0.25, 0.3) is 5.56 Å². The van der Waals surface area contributed by atoms with Crippen LogP contribution in [0.15, 0.2) is 57.5 Å². The SMILES string of the molecule is COc1ccc(OC)c([C@H]2C(C(=O)OC(C)C)=C(C)N=c3s/c(=C\c4ccc(OC(F)F)c(OC)c4)c(=O)n32)c1. The second kappa shape index (κ2) is 11.9. The highest BCUT2D eigenvalue weighted by Gasteiger charge is 2.35. The minimum atomic E-state index is -3.02. The number of esters is 1. The lowest BCUT2D eigenvalue weighted by Gasteiger charge is -2.26. The smallest absolute Gasteiger partial charge is 0.387 e. The number of rotatable bonds is 9. The number of aromatic nitrogens is 1. The normalized spacial score (nSPS) is 15.2. The van der Waals surface area contributed by atoms with Gasteiger partial charge < -0.3 is 23.7 Å². The van der Waals surface area contributed by atoms with Gasteiger partial charge >= 0.3 is 12.6 Å². The summed E-state index contributed by atoms with van der Waals surface area (Å²) in [5.74, 6) is 0.270. The number of thiazole rings is 1. The molecule has 1 aliphatic rings. The number of methoxy groups -OCH3 is 3. The molecule has 0 saturated heterocycles. The molecule has 40 heavy (non-hydrogen) atoms. The first kappa shape index (κ1) is 28.8. The minimum absolute atomic E-state index is 0.0791. The maximum absolute atomic E-state index is 13.9. The van der Waals surface area contributed by atoms with Crippen molar-refractivity contribution < 1.29 is 37.3 Å². The van der Waals surface area contributed by atoms with Crippen molar-refractivity contribution in [1.82, 2.24) is 4.57 Å². The first-order chi connectivity index (χ1) is 19.1. The molecule has 0 N–H and O–H groups in total. The molecule has 9 nitrogen and oxygen atoms in total. The largest absolute Gasteiger partial charge is 0.497 e. The molecule has 0 fully saturated rings. The van der Waals surface area contributed by atoms with Crippen molar-refractivity contribution in [2.75, 3.05) is 21.3 Å². The van der Waals surface area contributed by atoms with E-state index in [1.54, 1.807) is 45.0 Å². The fraction of sp³-hybridized carbons (Fsp3) is 0.321. The summed E-state index contributed by atoms with van der Waals surface area (Å²) < 4.78 is 53.4. The summed E-state index contributed by atoms with van der Waals surface area (Å²) in [6.07, 6.45) is 1.18. The number of allylic oxidation sites excluding steroid dienone is 1. The molecule has 0 saturated carbocycles. The molecule has 1 atom stereocenters. The van der Waals surface area contributed by atoms with E-state index >= 15 is 0 Å². The first-order valence-electron chi connectivity index (χ1n) is 12.2. The van der Waals surface area contributed by atoms with Gasteiger partial charge in [-0.2, -0.15) is 8.78 Å². The van der Waals surface area contributed by atoms with E-state index in [0.717, 1.165) is 11.3 Å². The van der Waals surface area contributed by atoms with Crippen molar-refractivity contribution in [1.29, 1.82) is 0 Å². The van der Waals surface area contributed by atoms with E-state index < -0.39 is 30.3 Å². The van der Waals surface area contributed by atoms with Crippen LogP contribution in [-0.4, -0.2) is 44.6 Å². The topological polar surface area (TPSA) is 97.6 Å². The number of hydrogen-bond acceptors (Lipinski definition) is 9. The highest BCUT2D eigenvalue weighted by Crippen LogP contribution is 2.38. The Morgan fingerprint density at radius 1 is 1.02 bits per heavy atom. The van der Waals surface area contributed by atoms with Gasteiger partial charge in [0.05, 0.1) is 43.2 Å². The van der Waals surface area contributed by atoms with Gasteiger partial charge in [0.15, 0.2) is 16.3 Å². The van der Waals surface area contributed by atoms with Crippen LogP contribution in [-0.2, 0) is 9.53 Å². The van der Waals surface area contributed by atoms with Crippen LogP contribution in [0.2, 0.25) is 0 Å². The van der Waals surface area contributed by atoms with E-state index in [2.05, 4.69) is 9.73 Å². The molecule has 1 aliphatic heterocycles. The summed E-state index contributed by atoms with van der Waals surface area (Å²) in [6.45, 7) is 2.13. The van der Waals surface area contributed by atoms with E-state index in [1.165, 1.54) is 44.1 Å². The van der Waals surface area contributed by atoms with Gasteiger partial charge in [0.2, 0.25) is 0 Å². The number of halogens is 2. The van der Waals surface area contributed by atoms with Gasteiger partial charge in [0.1, 0.15) is 17.5 Å². The van der Waals surface area contributed by atoms with Crippen molar-refractivity contribution in [3.63, 3.8) is 0 Å². The summed E-state index contributed by atoms with van der Waals surface area (Å²) in [5.41, 5.74) is 1.18. The van der Waals surface area contributed by atoms with Gasteiger partial charge in [-0.15, -0.1) is 0 Å². The molecule has 212 valence electrons. The number of carbonyl (C=O) groups is 1. The molecule has 1 aromatic heterocycles. The Bertz CT molecular complexity index is 1640. The standard InChI is InChI=1S/C28H28F2N2O7S/c1-14(2)38-26(34)23-15(3)31-28-32(24(23)18-13-17(35-4)8-10-19(18)36-5)25(33)22(40-28)12-16-7-9-20(39-27(29)30)21(11-16)37-6/h7-14,24,27H,1-6H3/b22-12-/t24-/m0/s1. The lowest BCUT2D eigenvalue weighted by Crippen LogP contribution is -2.40. The van der Waals surface area contributed by atoms with E-state index in [0.29, 0.717) is 37.7 Å². The summed E-state index contributed by atoms with van der Waals surface area (Å²) in [7, 11) is 4.33. The molecule has 2 aromatic carbocycles. The number of ether oxygens (including phenoxy) is 5. The Balaban J connectivity index is 1.95. The predicted octanol–water partition coefficient (Wildman–Crippen LogP) is 3.81. The second-order valence-electron chi connectivity index (χ2n) is 8.93. The molecule has 0 radical (unpaired) electrons. The third-order valence-electron chi connectivity index (χ3n) is 6.02. The van der Waals surface area contributed by atoms with Crippen molar-refractivity contribution >= 4 is 23.4 Å². The number of hydrogen-bond donors (Lipinski definition) is 0. The van der Waals surface area contributed by atoms with Crippen LogP contribution >= 0.6 is 11.3 Å². The third-order valence-corrected chi connectivity index (χ3v) is 7.00. The number of nitrogens with zero attached hydrogens (tertiary/aromatic N) is 2. The number of fused-ring (bicyclic) bond motifs is 1. The summed E-state index contributed by atoms with van der Waals surface area (Å²) >= 11 is 1.12. The predicted molar refractivity (Wildman–Crippen MR) is 144 cm³/mol. The summed E-state index contributed by atoms with van der Waals surface area (Å²) in [4.78, 5) is 32.2. The second-order valence-corrected chi connectivity index (χ2v) is 9.94. The van der Waals surface area contributed by atoms with Gasteiger partial charge in [-0.1, -0.05) is 17.4 Å². The summed E-state index contributed by atoms with van der Waals surface area (Å²) in [6, 6.07) is 8.53.